The largest absolute Gasteiger partial charge is 0.509 e. The molecule has 9 aromatic rings. The fraction of sp³-hybridized carbons (Fsp3) is 0.155. The van der Waals surface area contributed by atoms with Crippen LogP contribution >= 0.6 is 0 Å². The first kappa shape index (κ1) is 43.3. The van der Waals surface area contributed by atoms with Crippen molar-refractivity contribution in [1.82, 2.24) is 9.55 Å². The molecule has 0 saturated carbocycles. The maximum absolute atomic E-state index is 9.52. The van der Waals surface area contributed by atoms with Gasteiger partial charge in [-0.2, -0.15) is 17.4 Å². The van der Waals surface area contributed by atoms with E-state index in [4.69, 9.17) is 9.72 Å². The molecule has 0 fully saturated rings. The fourth-order valence-corrected chi connectivity index (χ4v) is 8.72. The average molecular weight is 1030 g/mol. The number of pyridine rings is 1. The Morgan fingerprint density at radius 2 is 1.32 bits per heavy atom. The minimum absolute atomic E-state index is 0. The summed E-state index contributed by atoms with van der Waals surface area (Å²) in [7, 11) is 0. The first-order valence-corrected chi connectivity index (χ1v) is 21.8. The number of hydrogen-bond acceptors (Lipinski definition) is 5. The Hall–Kier alpha value is -6.93. The summed E-state index contributed by atoms with van der Waals surface area (Å²) in [6, 6.07) is 61.9. The van der Waals surface area contributed by atoms with Gasteiger partial charge in [-0.25, -0.2) is 4.98 Å². The monoisotopic (exact) mass is 1030 g/mol. The number of benzene rings is 7. The van der Waals surface area contributed by atoms with Crippen LogP contribution in [0.1, 0.15) is 63.8 Å². The number of nitrogens with zero attached hydrogens (tertiary/aromatic N) is 5. The molecule has 0 spiro atoms. The zero-order valence-corrected chi connectivity index (χ0v) is 39.8. The Labute approximate surface area is 396 Å². The third kappa shape index (κ3) is 8.11. The molecule has 0 unspecified atom stereocenters. The number of aromatic nitrogens is 2. The third-order valence-corrected chi connectivity index (χ3v) is 12.2. The molecule has 0 saturated heterocycles. The summed E-state index contributed by atoms with van der Waals surface area (Å²) in [4.78, 5) is 9.55. The van der Waals surface area contributed by atoms with Crippen LogP contribution in [0.5, 0.6) is 11.5 Å². The molecule has 7 aromatic carbocycles. The van der Waals surface area contributed by atoms with Crippen LogP contribution in [0.3, 0.4) is 0 Å². The van der Waals surface area contributed by atoms with Crippen LogP contribution in [-0.4, -0.2) is 9.55 Å². The van der Waals surface area contributed by atoms with Crippen LogP contribution in [0.25, 0.3) is 49.9 Å². The predicted octanol–water partition coefficient (Wildman–Crippen LogP) is 15.1. The molecule has 1 aliphatic rings. The van der Waals surface area contributed by atoms with Crippen molar-refractivity contribution >= 4 is 44.6 Å². The minimum Gasteiger partial charge on any atom is -0.509 e. The molecule has 7 heteroatoms. The molecule has 0 aliphatic carbocycles. The normalized spacial score (nSPS) is 12.6. The molecule has 1 aliphatic heterocycles. The fourth-order valence-electron chi connectivity index (χ4n) is 8.72. The van der Waals surface area contributed by atoms with Gasteiger partial charge in [-0.05, 0) is 93.4 Å². The van der Waals surface area contributed by atoms with E-state index in [-0.39, 0.29) is 31.9 Å². The molecule has 65 heavy (non-hydrogen) atoms. The first-order chi connectivity index (χ1) is 30.8. The van der Waals surface area contributed by atoms with E-state index in [1.54, 1.807) is 0 Å². The van der Waals surface area contributed by atoms with Crippen LogP contribution < -0.4 is 14.5 Å². The summed E-state index contributed by atoms with van der Waals surface area (Å²) in [5.74, 6) is 1.92. The van der Waals surface area contributed by atoms with Gasteiger partial charge in [0.05, 0.1) is 11.6 Å². The van der Waals surface area contributed by atoms with E-state index in [1.165, 1.54) is 11.1 Å². The van der Waals surface area contributed by atoms with Gasteiger partial charge in [0.25, 0.3) is 0 Å². The van der Waals surface area contributed by atoms with Gasteiger partial charge in [0.15, 0.2) is 0 Å². The van der Waals surface area contributed by atoms with Gasteiger partial charge < -0.3 is 19.1 Å². The van der Waals surface area contributed by atoms with Crippen molar-refractivity contribution in [2.24, 2.45) is 0 Å². The zero-order valence-electron chi connectivity index (χ0n) is 37.5. The van der Waals surface area contributed by atoms with Gasteiger partial charge in [0, 0.05) is 72.5 Å². The van der Waals surface area contributed by atoms with E-state index in [9.17, 15) is 5.26 Å². The van der Waals surface area contributed by atoms with E-state index in [2.05, 4.69) is 191 Å². The van der Waals surface area contributed by atoms with Crippen molar-refractivity contribution in [3.63, 3.8) is 0 Å². The number of hydrogen-bond donors (Lipinski definition) is 0. The van der Waals surface area contributed by atoms with Crippen molar-refractivity contribution in [3.8, 4) is 45.6 Å². The van der Waals surface area contributed by atoms with Gasteiger partial charge in [-0.1, -0.05) is 126 Å². The second-order valence-corrected chi connectivity index (χ2v) is 18.7. The van der Waals surface area contributed by atoms with Crippen LogP contribution in [0.4, 0.5) is 22.7 Å². The molecule has 0 N–H and O–H groups in total. The Kier molecular flexibility index (Phi) is 11.3. The van der Waals surface area contributed by atoms with Crippen LogP contribution in [0.15, 0.2) is 158 Å². The number of rotatable bonds is 7. The average Bonchev–Trinajstić information content (AvgIpc) is 3.85. The molecule has 0 radical (unpaired) electrons. The van der Waals surface area contributed by atoms with Crippen LogP contribution in [0.2, 0.25) is 0 Å². The Bertz CT molecular complexity index is 3260. The number of fused-ring (bicyclic) bond motifs is 4. The summed E-state index contributed by atoms with van der Waals surface area (Å²) < 4.78 is 8.82. The van der Waals surface area contributed by atoms with Gasteiger partial charge in [-0.3, -0.25) is 0 Å². The van der Waals surface area contributed by atoms with Crippen molar-refractivity contribution in [2.45, 2.75) is 59.3 Å². The van der Waals surface area contributed by atoms with Crippen molar-refractivity contribution < 1.29 is 25.8 Å². The molecule has 3 heterocycles. The molecule has 0 amide bonds. The minimum atomic E-state index is -0.0442. The second kappa shape index (κ2) is 16.9. The summed E-state index contributed by atoms with van der Waals surface area (Å²) in [5.41, 5.74) is 14.4. The summed E-state index contributed by atoms with van der Waals surface area (Å²) in [6.45, 7) is 18.0. The van der Waals surface area contributed by atoms with Crippen molar-refractivity contribution in [3.05, 3.63) is 199 Å². The molecule has 6 nitrogen and oxygen atoms in total. The van der Waals surface area contributed by atoms with E-state index >= 15 is 0 Å². The topological polar surface area (TPSA) is 57.3 Å². The van der Waals surface area contributed by atoms with Gasteiger partial charge in [0.1, 0.15) is 5.82 Å². The second-order valence-electron chi connectivity index (χ2n) is 18.7. The molecule has 10 rings (SSSR count). The van der Waals surface area contributed by atoms with E-state index in [1.807, 2.05) is 54.7 Å². The summed E-state index contributed by atoms with van der Waals surface area (Å²) in [6.07, 6.45) is 1.89. The van der Waals surface area contributed by atoms with Crippen LogP contribution in [0, 0.1) is 37.1 Å². The SMILES string of the molecule is Cc1cc(-n2c3[c-]c(Oc4[c-]c(N5[CH-]N(c6cc(C(C)(C)C)cc(C(C)(C)C)c6)c6c(-c7ccccc7)cccc65)ccc4)ccc3c3ccccc32)ncc1-c1cccc(C#N)c1.[Pt]. The Morgan fingerprint density at radius 3 is 2.06 bits per heavy atom. The number of ether oxygens (including phenoxy) is 1. The van der Waals surface area contributed by atoms with Crippen LogP contribution in [-0.2, 0) is 31.9 Å². The zero-order chi connectivity index (χ0) is 44.3. The van der Waals surface area contributed by atoms with Gasteiger partial charge in [-0.15, -0.1) is 48.1 Å². The molecule has 2 aromatic heterocycles. The predicted molar refractivity (Wildman–Crippen MR) is 262 cm³/mol. The molecule has 324 valence electrons. The van der Waals surface area contributed by atoms with E-state index in [0.29, 0.717) is 17.1 Å². The summed E-state index contributed by atoms with van der Waals surface area (Å²) in [5, 5.41) is 11.7. The third-order valence-electron chi connectivity index (χ3n) is 12.2. The van der Waals surface area contributed by atoms with Crippen molar-refractivity contribution in [2.75, 3.05) is 9.80 Å². The maximum Gasteiger partial charge on any atom is 0.135 e. The van der Waals surface area contributed by atoms with Gasteiger partial charge in [0.2, 0.25) is 0 Å². The number of anilines is 4. The van der Waals surface area contributed by atoms with Crippen molar-refractivity contribution in [1.29, 1.82) is 5.26 Å². The molecular weight excluding hydrogens is 978 g/mol. The molecule has 0 bridgehead atoms. The molecule has 0 atom stereocenters. The quantitative estimate of drug-likeness (QED) is 0.149. The van der Waals surface area contributed by atoms with E-state index < -0.39 is 0 Å². The Morgan fingerprint density at radius 1 is 0.631 bits per heavy atom. The number of para-hydroxylation sites is 2. The maximum atomic E-state index is 9.52. The van der Waals surface area contributed by atoms with E-state index in [0.717, 1.165) is 78.2 Å². The first-order valence-electron chi connectivity index (χ1n) is 21.8. The van der Waals surface area contributed by atoms with Gasteiger partial charge >= 0.3 is 0 Å². The summed E-state index contributed by atoms with van der Waals surface area (Å²) >= 11 is 0. The Balaban J connectivity index is 0.00000533. The molecular formula is C58H48N5OPt-3. The standard InChI is InChI=1S/C58H48N5O.Pt/c1-38-28-55(60-36-51(38)41-19-13-16-39(29-41)35-59)63-52-24-12-11-22-49(52)50-27-26-47(34-54(50)63)64-46-21-14-20-44(33-46)61-37-62(45-31-42(57(2,3)4)30-43(32-45)58(5,6)7)56-48(23-15-25-53(56)61)40-17-9-8-10-18-40;/h8-32,36-37H,1-7H3;/q-3;. The number of aryl methyl sites for hydroxylation is 1. The number of nitriles is 1. The smallest absolute Gasteiger partial charge is 0.135 e.